The molecule has 0 radical (unpaired) electrons. The first kappa shape index (κ1) is 14.5. The minimum absolute atomic E-state index is 0.165. The number of methoxy groups -OCH3 is 1. The molecule has 0 saturated carbocycles. The molecule has 0 atom stereocenters. The molecule has 1 aromatic heterocycles. The zero-order valence-electron chi connectivity index (χ0n) is 12.2. The Morgan fingerprint density at radius 3 is 2.77 bits per heavy atom. The van der Waals surface area contributed by atoms with Crippen molar-refractivity contribution in [2.45, 2.75) is 6.92 Å². The first-order valence-corrected chi connectivity index (χ1v) is 7.19. The Hall–Kier alpha value is -2.46. The monoisotopic (exact) mass is 314 g/mol. The molecule has 2 aromatic carbocycles. The molecule has 22 heavy (non-hydrogen) atoms. The van der Waals surface area contributed by atoms with Crippen LogP contribution < -0.4 is 10.1 Å². The number of benzene rings is 2. The van der Waals surface area contributed by atoms with E-state index in [1.807, 2.05) is 31.2 Å². The molecule has 5 heteroatoms. The molecule has 1 heterocycles. The van der Waals surface area contributed by atoms with Gasteiger partial charge in [-0.2, -0.15) is 0 Å². The average molecular weight is 315 g/mol. The zero-order valence-corrected chi connectivity index (χ0v) is 13.0. The number of aryl methyl sites for hydroxylation is 1. The van der Waals surface area contributed by atoms with Crippen LogP contribution in [0.1, 0.15) is 15.9 Å². The van der Waals surface area contributed by atoms with E-state index in [2.05, 4.69) is 10.3 Å². The van der Waals surface area contributed by atoms with Crippen molar-refractivity contribution < 1.29 is 9.53 Å². The fraction of sp³-hybridized carbons (Fsp3) is 0.118. The topological polar surface area (TPSA) is 54.1 Å². The van der Waals surface area contributed by atoms with Gasteiger partial charge in [0.25, 0.3) is 5.91 Å². The van der Waals surface area contributed by atoms with E-state index >= 15 is 0 Å². The van der Waals surface area contributed by atoms with Crippen LogP contribution in [0.2, 0.25) is 5.02 Å². The number of rotatable bonds is 3. The van der Waals surface area contributed by atoms with E-state index in [0.29, 0.717) is 10.6 Å². The summed E-state index contributed by atoms with van der Waals surface area (Å²) in [6.45, 7) is 1.90. The van der Waals surface area contributed by atoms with Gasteiger partial charge >= 0.3 is 0 Å². The van der Waals surface area contributed by atoms with Gasteiger partial charge in [-0.3, -0.25) is 4.79 Å². The Labute approximate surface area is 133 Å². The van der Waals surface area contributed by atoms with Crippen LogP contribution in [-0.2, 0) is 0 Å². The lowest BCUT2D eigenvalue weighted by Gasteiger charge is -2.08. The number of hydrogen-bond donors (Lipinski definition) is 2. The molecule has 0 fully saturated rings. The first-order valence-electron chi connectivity index (χ1n) is 6.81. The molecule has 0 aliphatic rings. The van der Waals surface area contributed by atoms with Crippen molar-refractivity contribution in [3.05, 3.63) is 58.7 Å². The molecule has 3 rings (SSSR count). The predicted molar refractivity (Wildman–Crippen MR) is 89.0 cm³/mol. The highest BCUT2D eigenvalue weighted by atomic mass is 35.5. The van der Waals surface area contributed by atoms with Gasteiger partial charge in [0.05, 0.1) is 12.7 Å². The molecule has 0 saturated heterocycles. The van der Waals surface area contributed by atoms with E-state index in [4.69, 9.17) is 16.3 Å². The van der Waals surface area contributed by atoms with E-state index < -0.39 is 0 Å². The summed E-state index contributed by atoms with van der Waals surface area (Å²) >= 11 is 5.93. The van der Waals surface area contributed by atoms with Crippen molar-refractivity contribution in [2.24, 2.45) is 0 Å². The fourth-order valence-corrected chi connectivity index (χ4v) is 2.60. The summed E-state index contributed by atoms with van der Waals surface area (Å²) < 4.78 is 5.18. The molecular formula is C17H15ClN2O2. The van der Waals surface area contributed by atoms with Gasteiger partial charge in [0, 0.05) is 33.9 Å². The number of amides is 1. The lowest BCUT2D eigenvalue weighted by Crippen LogP contribution is -2.12. The maximum atomic E-state index is 12.5. The third-order valence-corrected chi connectivity index (χ3v) is 3.81. The Morgan fingerprint density at radius 2 is 2.05 bits per heavy atom. The highest BCUT2D eigenvalue weighted by molar-refractivity contribution is 6.30. The zero-order chi connectivity index (χ0) is 15.7. The number of fused-ring (bicyclic) bond motifs is 1. The summed E-state index contributed by atoms with van der Waals surface area (Å²) in [5.41, 5.74) is 3.11. The van der Waals surface area contributed by atoms with Crippen LogP contribution in [0.15, 0.2) is 42.6 Å². The van der Waals surface area contributed by atoms with Gasteiger partial charge in [-0.25, -0.2) is 0 Å². The molecular weight excluding hydrogens is 300 g/mol. The molecule has 4 nitrogen and oxygen atoms in total. The van der Waals surface area contributed by atoms with Gasteiger partial charge in [0.1, 0.15) is 5.75 Å². The van der Waals surface area contributed by atoms with Crippen LogP contribution in [0.5, 0.6) is 5.75 Å². The van der Waals surface area contributed by atoms with Crippen LogP contribution in [0.4, 0.5) is 5.69 Å². The normalized spacial score (nSPS) is 10.7. The number of aromatic amines is 1. The quantitative estimate of drug-likeness (QED) is 0.753. The smallest absolute Gasteiger partial charge is 0.257 e. The van der Waals surface area contributed by atoms with Crippen LogP contribution in [-0.4, -0.2) is 18.0 Å². The number of halogens is 1. The summed E-state index contributed by atoms with van der Waals surface area (Å²) in [5.74, 6) is 0.580. The molecule has 0 aliphatic carbocycles. The SMILES string of the molecule is COc1ccc2c(C(=O)Nc3ccc(Cl)cc3C)c[nH]c2c1. The Kier molecular flexibility index (Phi) is 3.77. The van der Waals surface area contributed by atoms with Crippen LogP contribution in [0, 0.1) is 6.92 Å². The molecule has 0 spiro atoms. The summed E-state index contributed by atoms with van der Waals surface area (Å²) in [6, 6.07) is 10.9. The summed E-state index contributed by atoms with van der Waals surface area (Å²) in [4.78, 5) is 15.6. The van der Waals surface area contributed by atoms with E-state index in [1.165, 1.54) is 0 Å². The maximum absolute atomic E-state index is 12.5. The number of H-pyrrole nitrogens is 1. The van der Waals surface area contributed by atoms with E-state index in [0.717, 1.165) is 27.9 Å². The molecule has 2 N–H and O–H groups in total. The van der Waals surface area contributed by atoms with Crippen LogP contribution in [0.3, 0.4) is 0 Å². The summed E-state index contributed by atoms with van der Waals surface area (Å²) in [6.07, 6.45) is 1.70. The number of nitrogens with one attached hydrogen (secondary N) is 2. The van der Waals surface area contributed by atoms with Crippen molar-refractivity contribution in [3.63, 3.8) is 0 Å². The van der Waals surface area contributed by atoms with Gasteiger partial charge in [0.15, 0.2) is 0 Å². The third kappa shape index (κ3) is 2.65. The molecule has 0 bridgehead atoms. The molecule has 112 valence electrons. The number of anilines is 1. The lowest BCUT2D eigenvalue weighted by molar-refractivity contribution is 0.102. The summed E-state index contributed by atoms with van der Waals surface area (Å²) in [5, 5.41) is 4.41. The number of aromatic nitrogens is 1. The van der Waals surface area contributed by atoms with E-state index in [1.54, 1.807) is 25.4 Å². The number of ether oxygens (including phenoxy) is 1. The van der Waals surface area contributed by atoms with Gasteiger partial charge < -0.3 is 15.0 Å². The second kappa shape index (κ2) is 5.73. The maximum Gasteiger partial charge on any atom is 0.257 e. The van der Waals surface area contributed by atoms with Gasteiger partial charge in [-0.15, -0.1) is 0 Å². The molecule has 3 aromatic rings. The average Bonchev–Trinajstić information content (AvgIpc) is 2.93. The predicted octanol–water partition coefficient (Wildman–Crippen LogP) is 4.39. The van der Waals surface area contributed by atoms with Gasteiger partial charge in [0.2, 0.25) is 0 Å². The third-order valence-electron chi connectivity index (χ3n) is 3.57. The number of hydrogen-bond acceptors (Lipinski definition) is 2. The van der Waals surface area contributed by atoms with E-state index in [9.17, 15) is 4.79 Å². The minimum atomic E-state index is -0.165. The minimum Gasteiger partial charge on any atom is -0.497 e. The largest absolute Gasteiger partial charge is 0.497 e. The first-order chi connectivity index (χ1) is 10.6. The van der Waals surface area contributed by atoms with Crippen molar-refractivity contribution in [1.29, 1.82) is 0 Å². The van der Waals surface area contributed by atoms with Crippen molar-refractivity contribution in [3.8, 4) is 5.75 Å². The van der Waals surface area contributed by atoms with E-state index in [-0.39, 0.29) is 5.91 Å². The second-order valence-electron chi connectivity index (χ2n) is 5.03. The summed E-state index contributed by atoms with van der Waals surface area (Å²) in [7, 11) is 1.61. The number of carbonyl (C=O) groups excluding carboxylic acids is 1. The Morgan fingerprint density at radius 1 is 1.23 bits per heavy atom. The highest BCUT2D eigenvalue weighted by Crippen LogP contribution is 2.25. The second-order valence-corrected chi connectivity index (χ2v) is 5.46. The lowest BCUT2D eigenvalue weighted by atomic mass is 10.1. The molecule has 0 unspecified atom stereocenters. The van der Waals surface area contributed by atoms with Gasteiger partial charge in [-0.1, -0.05) is 11.6 Å². The van der Waals surface area contributed by atoms with Gasteiger partial charge in [-0.05, 0) is 42.8 Å². The Balaban J connectivity index is 1.92. The highest BCUT2D eigenvalue weighted by Gasteiger charge is 2.13. The molecule has 1 amide bonds. The van der Waals surface area contributed by atoms with Crippen LogP contribution >= 0.6 is 11.6 Å². The van der Waals surface area contributed by atoms with Crippen molar-refractivity contribution in [2.75, 3.05) is 12.4 Å². The Bertz CT molecular complexity index is 855. The number of carbonyl (C=O) groups is 1. The van der Waals surface area contributed by atoms with Crippen molar-refractivity contribution >= 4 is 34.1 Å². The standard InChI is InChI=1S/C17H15ClN2O2/c1-10-7-11(18)3-6-15(10)20-17(21)14-9-19-16-8-12(22-2)4-5-13(14)16/h3-9,19H,1-2H3,(H,20,21). The van der Waals surface area contributed by atoms with Crippen molar-refractivity contribution in [1.82, 2.24) is 4.98 Å². The van der Waals surface area contributed by atoms with Crippen LogP contribution in [0.25, 0.3) is 10.9 Å². The molecule has 0 aliphatic heterocycles. The fourth-order valence-electron chi connectivity index (χ4n) is 2.38.